The van der Waals surface area contributed by atoms with Gasteiger partial charge >= 0.3 is 5.97 Å². The molecule has 0 unspecified atom stereocenters. The Bertz CT molecular complexity index is 1170. The molecule has 1 aromatic heterocycles. The lowest BCUT2D eigenvalue weighted by molar-refractivity contribution is -0.136. The van der Waals surface area contributed by atoms with E-state index in [9.17, 15) is 9.90 Å². The zero-order valence-corrected chi connectivity index (χ0v) is 23.3. The van der Waals surface area contributed by atoms with Gasteiger partial charge in [0.05, 0.1) is 5.52 Å². The number of aromatic hydroxyl groups is 1. The Kier molecular flexibility index (Phi) is 9.53. The highest BCUT2D eigenvalue weighted by Gasteiger charge is 2.26. The van der Waals surface area contributed by atoms with Crippen LogP contribution >= 0.6 is 0 Å². The number of pyridine rings is 1. The lowest BCUT2D eigenvalue weighted by Gasteiger charge is -2.28. The number of aryl methyl sites for hydroxylation is 2. The third-order valence-electron chi connectivity index (χ3n) is 6.38. The minimum Gasteiger partial charge on any atom is -0.507 e. The predicted molar refractivity (Wildman–Crippen MR) is 151 cm³/mol. The van der Waals surface area contributed by atoms with Crippen molar-refractivity contribution in [3.63, 3.8) is 0 Å². The first-order valence-corrected chi connectivity index (χ1v) is 12.9. The van der Waals surface area contributed by atoms with Crippen LogP contribution in [0.25, 0.3) is 10.9 Å². The van der Waals surface area contributed by atoms with E-state index in [-0.39, 0.29) is 17.3 Å². The van der Waals surface area contributed by atoms with Crippen molar-refractivity contribution in [2.24, 2.45) is 0 Å². The minimum absolute atomic E-state index is 0.109. The molecule has 0 atom stereocenters. The van der Waals surface area contributed by atoms with Gasteiger partial charge in [0.15, 0.2) is 0 Å². The molecule has 0 fully saturated rings. The number of carboxylic acids is 1. The maximum absolute atomic E-state index is 10.8. The molecule has 0 aliphatic heterocycles. The maximum atomic E-state index is 10.8. The summed E-state index contributed by atoms with van der Waals surface area (Å²) in [5.74, 6) is -0.461. The molecule has 0 spiro atoms. The summed E-state index contributed by atoms with van der Waals surface area (Å²) in [7, 11) is 0. The number of aromatic nitrogens is 1. The Labute approximate surface area is 216 Å². The van der Waals surface area contributed by atoms with Crippen LogP contribution in [0.2, 0.25) is 0 Å². The molecule has 2 aromatic carbocycles. The van der Waals surface area contributed by atoms with Crippen molar-refractivity contribution in [1.29, 1.82) is 0 Å². The van der Waals surface area contributed by atoms with E-state index >= 15 is 0 Å². The van der Waals surface area contributed by atoms with Crippen LogP contribution in [0.4, 0.5) is 5.69 Å². The Morgan fingerprint density at radius 3 is 1.97 bits per heavy atom. The molecular weight excluding hydrogens is 448 g/mol. The Hall–Kier alpha value is -3.08. The van der Waals surface area contributed by atoms with E-state index in [1.807, 2.05) is 36.4 Å². The van der Waals surface area contributed by atoms with E-state index in [0.29, 0.717) is 12.2 Å². The van der Waals surface area contributed by atoms with E-state index in [4.69, 9.17) is 15.8 Å². The monoisotopic (exact) mass is 492 g/mol. The quantitative estimate of drug-likeness (QED) is 0.334. The number of hydrogen-bond acceptors (Lipinski definition) is 4. The summed E-state index contributed by atoms with van der Waals surface area (Å²) in [6, 6.07) is 12.0. The van der Waals surface area contributed by atoms with E-state index in [1.165, 1.54) is 11.3 Å². The average Bonchev–Trinajstić information content (AvgIpc) is 2.78. The summed E-state index contributed by atoms with van der Waals surface area (Å²) in [6.07, 6.45) is 3.68. The molecule has 3 rings (SSSR count). The zero-order valence-electron chi connectivity index (χ0n) is 23.3. The van der Waals surface area contributed by atoms with Crippen molar-refractivity contribution in [3.05, 3.63) is 64.3 Å². The number of fused-ring (bicyclic) bond motifs is 1. The number of nitrogens with zero attached hydrogens (tertiary/aromatic N) is 1. The largest absolute Gasteiger partial charge is 0.507 e. The number of hydrogen-bond donors (Lipinski definition) is 3. The highest BCUT2D eigenvalue weighted by molar-refractivity contribution is 5.92. The normalized spacial score (nSPS) is 11.8. The molecule has 36 heavy (non-hydrogen) atoms. The summed E-state index contributed by atoms with van der Waals surface area (Å²) in [5.41, 5.74) is 12.9. The third kappa shape index (κ3) is 7.22. The molecule has 4 N–H and O–H groups in total. The van der Waals surface area contributed by atoms with Gasteiger partial charge in [0.2, 0.25) is 0 Å². The van der Waals surface area contributed by atoms with Crippen LogP contribution in [0.3, 0.4) is 0 Å². The highest BCUT2D eigenvalue weighted by Crippen LogP contribution is 2.40. The van der Waals surface area contributed by atoms with E-state index in [1.54, 1.807) is 0 Å². The summed E-state index contributed by atoms with van der Waals surface area (Å²) in [4.78, 5) is 15.5. The van der Waals surface area contributed by atoms with Gasteiger partial charge in [-0.3, -0.25) is 9.78 Å². The van der Waals surface area contributed by atoms with Crippen LogP contribution in [-0.4, -0.2) is 21.2 Å². The number of benzene rings is 2. The molecule has 196 valence electrons. The van der Waals surface area contributed by atoms with Gasteiger partial charge in [0.1, 0.15) is 5.75 Å². The second kappa shape index (κ2) is 11.8. The predicted octanol–water partition coefficient (Wildman–Crippen LogP) is 7.34. The van der Waals surface area contributed by atoms with E-state index in [0.717, 1.165) is 52.5 Å². The molecule has 0 bridgehead atoms. The van der Waals surface area contributed by atoms with Crippen LogP contribution in [0, 0.1) is 0 Å². The smallest absolute Gasteiger partial charge is 0.303 e. The van der Waals surface area contributed by atoms with Crippen LogP contribution in [0.5, 0.6) is 5.75 Å². The fourth-order valence-electron chi connectivity index (χ4n) is 4.40. The van der Waals surface area contributed by atoms with Gasteiger partial charge in [-0.2, -0.15) is 0 Å². The Morgan fingerprint density at radius 1 is 0.944 bits per heavy atom. The Balaban J connectivity index is 0.000000259. The number of rotatable bonds is 6. The van der Waals surface area contributed by atoms with E-state index < -0.39 is 5.97 Å². The molecular formula is C31H44N2O3. The van der Waals surface area contributed by atoms with Crippen molar-refractivity contribution in [1.82, 2.24) is 4.98 Å². The van der Waals surface area contributed by atoms with Gasteiger partial charge in [0, 0.05) is 23.2 Å². The van der Waals surface area contributed by atoms with Gasteiger partial charge in [-0.1, -0.05) is 92.1 Å². The van der Waals surface area contributed by atoms with Gasteiger partial charge in [-0.15, -0.1) is 0 Å². The molecule has 0 amide bonds. The minimum atomic E-state index is -0.798. The second-order valence-electron chi connectivity index (χ2n) is 11.5. The third-order valence-corrected chi connectivity index (χ3v) is 6.38. The van der Waals surface area contributed by atoms with Gasteiger partial charge in [-0.25, -0.2) is 0 Å². The lowest BCUT2D eigenvalue weighted by atomic mass is 9.78. The number of carbonyl (C=O) groups is 1. The number of nitrogen functional groups attached to an aromatic ring is 1. The number of phenolic OH excluding ortho intramolecular Hbond substituents is 1. The molecule has 0 saturated carbocycles. The molecule has 0 aliphatic carbocycles. The standard InChI is InChI=1S/C17H26O3.C14H18N2/c1-16(2,3)12-9-11(7-8-14(18)19)10-13(15(12)20)17(4,5)6;1-3-7-12-10(4-2)14(15)11-8-5-6-9-13(11)16-12/h9-10,20H,7-8H2,1-6H3,(H,18,19);5-6,8-9H,3-4,7H2,1-2H3,(H2,15,16). The first-order valence-electron chi connectivity index (χ1n) is 12.9. The highest BCUT2D eigenvalue weighted by atomic mass is 16.4. The number of aliphatic carboxylic acids is 1. The summed E-state index contributed by atoms with van der Waals surface area (Å²) < 4.78 is 0. The molecule has 3 aromatic rings. The van der Waals surface area contributed by atoms with Crippen molar-refractivity contribution in [3.8, 4) is 5.75 Å². The van der Waals surface area contributed by atoms with Gasteiger partial charge < -0.3 is 15.9 Å². The number of anilines is 1. The van der Waals surface area contributed by atoms with Crippen molar-refractivity contribution in [2.75, 3.05) is 5.73 Å². The van der Waals surface area contributed by atoms with Crippen LogP contribution in [0.15, 0.2) is 36.4 Å². The topological polar surface area (TPSA) is 96.4 Å². The fraction of sp³-hybridized carbons (Fsp3) is 0.484. The van der Waals surface area contributed by atoms with Gasteiger partial charge in [0.25, 0.3) is 0 Å². The van der Waals surface area contributed by atoms with Crippen molar-refractivity contribution >= 4 is 22.6 Å². The molecule has 1 heterocycles. The molecule has 5 heteroatoms. The van der Waals surface area contributed by atoms with E-state index in [2.05, 4.69) is 55.4 Å². The van der Waals surface area contributed by atoms with Gasteiger partial charge in [-0.05, 0) is 58.4 Å². The average molecular weight is 493 g/mol. The van der Waals surface area contributed by atoms with Crippen LogP contribution in [0.1, 0.15) is 96.2 Å². The summed E-state index contributed by atoms with van der Waals surface area (Å²) in [5, 5.41) is 20.5. The zero-order chi connectivity index (χ0) is 27.3. The molecule has 0 radical (unpaired) electrons. The number of carboxylic acid groups (broad SMARTS) is 1. The maximum Gasteiger partial charge on any atom is 0.303 e. The van der Waals surface area contributed by atoms with Crippen molar-refractivity contribution in [2.45, 2.75) is 98.3 Å². The van der Waals surface area contributed by atoms with Crippen molar-refractivity contribution < 1.29 is 15.0 Å². The molecule has 0 aliphatic rings. The van der Waals surface area contributed by atoms with Crippen LogP contribution in [-0.2, 0) is 34.9 Å². The molecule has 5 nitrogen and oxygen atoms in total. The summed E-state index contributed by atoms with van der Waals surface area (Å²) >= 11 is 0. The SMILES string of the molecule is CC(C)(C)c1cc(CCC(=O)O)cc(C(C)(C)C)c1O.CCCc1nc2ccccc2c(N)c1CC. The first kappa shape index (κ1) is 29.2. The fourth-order valence-corrected chi connectivity index (χ4v) is 4.40. The molecule has 0 saturated heterocycles. The number of nitrogens with two attached hydrogens (primary N) is 1. The summed E-state index contributed by atoms with van der Waals surface area (Å²) in [6.45, 7) is 16.6. The Morgan fingerprint density at radius 2 is 1.50 bits per heavy atom. The first-order chi connectivity index (χ1) is 16.7. The van der Waals surface area contributed by atoms with Crippen LogP contribution < -0.4 is 5.73 Å². The number of phenols is 1. The second-order valence-corrected chi connectivity index (χ2v) is 11.5. The number of para-hydroxylation sites is 1. The lowest BCUT2D eigenvalue weighted by Crippen LogP contribution is -2.18.